The highest BCUT2D eigenvalue weighted by atomic mass is 32.1. The molecule has 8 nitrogen and oxygen atoms in total. The topological polar surface area (TPSA) is 129 Å². The van der Waals surface area contributed by atoms with E-state index in [-0.39, 0.29) is 35.6 Å². The Morgan fingerprint density at radius 3 is 2.46 bits per heavy atom. The molecule has 28 heavy (non-hydrogen) atoms. The van der Waals surface area contributed by atoms with Crippen LogP contribution in [-0.4, -0.2) is 46.4 Å². The maximum absolute atomic E-state index is 13.0. The molecule has 0 unspecified atom stereocenters. The largest absolute Gasteiger partial charge is 0.397 e. The third kappa shape index (κ3) is 2.90. The van der Waals surface area contributed by atoms with Crippen molar-refractivity contribution in [2.75, 3.05) is 31.2 Å². The van der Waals surface area contributed by atoms with Gasteiger partial charge in [0.25, 0.3) is 11.8 Å². The van der Waals surface area contributed by atoms with Crippen LogP contribution in [0.4, 0.5) is 11.5 Å². The maximum Gasteiger partial charge on any atom is 0.267 e. The highest BCUT2D eigenvalue weighted by Gasteiger charge is 2.31. The molecule has 0 saturated carbocycles. The summed E-state index contributed by atoms with van der Waals surface area (Å²) in [6.45, 7) is 1.07. The van der Waals surface area contributed by atoms with Crippen molar-refractivity contribution in [1.29, 1.82) is 5.26 Å². The molecule has 140 valence electrons. The van der Waals surface area contributed by atoms with Crippen molar-refractivity contribution in [2.24, 2.45) is 0 Å². The van der Waals surface area contributed by atoms with Gasteiger partial charge < -0.3 is 21.3 Å². The first-order chi connectivity index (χ1) is 13.5. The van der Waals surface area contributed by atoms with Crippen molar-refractivity contribution >= 4 is 44.9 Å². The fraction of sp³-hybridized carbons (Fsp3) is 0.158. The number of nitrogens with two attached hydrogens (primary N) is 2. The number of anilines is 2. The van der Waals surface area contributed by atoms with Crippen molar-refractivity contribution in [2.45, 2.75) is 0 Å². The lowest BCUT2D eigenvalue weighted by Gasteiger charge is -2.18. The first-order valence-electron chi connectivity index (χ1n) is 8.51. The lowest BCUT2D eigenvalue weighted by molar-refractivity contribution is 0.0704. The number of thiophene rings is 1. The van der Waals surface area contributed by atoms with Crippen molar-refractivity contribution in [3.63, 3.8) is 0 Å². The van der Waals surface area contributed by atoms with Crippen LogP contribution in [-0.2, 0) is 0 Å². The number of carbonyl (C=O) groups excluding carboxylic acids is 2. The molecule has 1 saturated heterocycles. The zero-order valence-electron chi connectivity index (χ0n) is 14.8. The third-order valence-electron chi connectivity index (χ3n) is 4.64. The molecule has 1 fully saturated rings. The van der Waals surface area contributed by atoms with Crippen molar-refractivity contribution in [3.05, 3.63) is 52.4 Å². The number of nitrogen functional groups attached to an aromatic ring is 2. The minimum atomic E-state index is -0.263. The Bertz CT molecular complexity index is 1130. The number of benzene rings is 1. The van der Waals surface area contributed by atoms with Gasteiger partial charge in [-0.05, 0) is 18.2 Å². The van der Waals surface area contributed by atoms with E-state index in [2.05, 4.69) is 4.98 Å². The summed E-state index contributed by atoms with van der Waals surface area (Å²) >= 11 is 1.14. The molecule has 1 aliphatic rings. The lowest BCUT2D eigenvalue weighted by atomic mass is 10.2. The van der Waals surface area contributed by atoms with Gasteiger partial charge >= 0.3 is 0 Å². The maximum atomic E-state index is 13.0. The van der Waals surface area contributed by atoms with Gasteiger partial charge in [-0.1, -0.05) is 18.2 Å². The molecule has 9 heteroatoms. The summed E-state index contributed by atoms with van der Waals surface area (Å²) in [6.07, 6.45) is 0. The van der Waals surface area contributed by atoms with Gasteiger partial charge in [-0.2, -0.15) is 5.26 Å². The number of aromatic nitrogens is 1. The van der Waals surface area contributed by atoms with E-state index in [1.165, 1.54) is 0 Å². The fourth-order valence-electron chi connectivity index (χ4n) is 3.13. The minimum absolute atomic E-state index is 0.107. The lowest BCUT2D eigenvalue weighted by Crippen LogP contribution is -2.33. The van der Waals surface area contributed by atoms with Crippen LogP contribution in [0.5, 0.6) is 0 Å². The molecule has 0 radical (unpaired) electrons. The normalized spacial score (nSPS) is 13.7. The summed E-state index contributed by atoms with van der Waals surface area (Å²) in [5.41, 5.74) is 13.0. The number of fused-ring (bicyclic) bond motifs is 1. The summed E-state index contributed by atoms with van der Waals surface area (Å²) in [6, 6.07) is 12.5. The quantitative estimate of drug-likeness (QED) is 0.685. The van der Waals surface area contributed by atoms with Crippen LogP contribution in [0, 0.1) is 11.3 Å². The predicted octanol–water partition coefficient (Wildman–Crippen LogP) is 1.89. The molecule has 0 bridgehead atoms. The Balaban J connectivity index is 1.58. The van der Waals surface area contributed by atoms with Crippen LogP contribution in [0.25, 0.3) is 10.2 Å². The van der Waals surface area contributed by atoms with Crippen LogP contribution < -0.4 is 11.5 Å². The first kappa shape index (κ1) is 17.8. The second kappa shape index (κ2) is 6.83. The van der Waals surface area contributed by atoms with E-state index in [1.807, 2.05) is 12.1 Å². The van der Waals surface area contributed by atoms with Crippen molar-refractivity contribution in [3.8, 4) is 6.07 Å². The van der Waals surface area contributed by atoms with Gasteiger partial charge in [0.1, 0.15) is 21.6 Å². The number of hydrogen-bond acceptors (Lipinski definition) is 7. The number of nitrogens with zero attached hydrogens (tertiary/aromatic N) is 4. The highest BCUT2D eigenvalue weighted by Crippen LogP contribution is 2.35. The zero-order chi connectivity index (χ0) is 19.8. The molecule has 3 heterocycles. The van der Waals surface area contributed by atoms with E-state index in [0.29, 0.717) is 33.7 Å². The molecule has 1 aromatic carbocycles. The average molecular weight is 392 g/mol. The molecule has 2 aromatic heterocycles. The highest BCUT2D eigenvalue weighted by molar-refractivity contribution is 7.21. The third-order valence-corrected chi connectivity index (χ3v) is 5.74. The van der Waals surface area contributed by atoms with E-state index < -0.39 is 0 Å². The van der Waals surface area contributed by atoms with E-state index in [0.717, 1.165) is 11.3 Å². The van der Waals surface area contributed by atoms with Gasteiger partial charge in [0.15, 0.2) is 0 Å². The summed E-state index contributed by atoms with van der Waals surface area (Å²) in [5, 5.41) is 9.65. The second-order valence-electron chi connectivity index (χ2n) is 6.38. The molecule has 4 rings (SSSR count). The Morgan fingerprint density at radius 1 is 1.11 bits per heavy atom. The molecule has 2 amide bonds. The molecular formula is C19H16N6O2S. The van der Waals surface area contributed by atoms with Crippen LogP contribution in [0.2, 0.25) is 0 Å². The van der Waals surface area contributed by atoms with Crippen LogP contribution in [0.1, 0.15) is 25.6 Å². The molecule has 4 N–H and O–H groups in total. The number of carbonyl (C=O) groups is 2. The molecule has 0 spiro atoms. The van der Waals surface area contributed by atoms with Crippen LogP contribution in [0.3, 0.4) is 0 Å². The summed E-state index contributed by atoms with van der Waals surface area (Å²) in [5.74, 6) is -0.273. The van der Waals surface area contributed by atoms with Gasteiger partial charge in [-0.3, -0.25) is 9.59 Å². The monoisotopic (exact) mass is 392 g/mol. The first-order valence-corrected chi connectivity index (χ1v) is 9.33. The summed E-state index contributed by atoms with van der Waals surface area (Å²) in [4.78, 5) is 33.8. The van der Waals surface area contributed by atoms with Gasteiger partial charge in [-0.15, -0.1) is 11.3 Å². The van der Waals surface area contributed by atoms with Crippen molar-refractivity contribution < 1.29 is 9.59 Å². The van der Waals surface area contributed by atoms with Gasteiger partial charge in [0.05, 0.1) is 17.9 Å². The Hall–Kier alpha value is -3.64. The van der Waals surface area contributed by atoms with Gasteiger partial charge in [0, 0.05) is 24.0 Å². The Morgan fingerprint density at radius 2 is 1.79 bits per heavy atom. The van der Waals surface area contributed by atoms with Gasteiger partial charge in [0.2, 0.25) is 0 Å². The van der Waals surface area contributed by atoms with E-state index >= 15 is 0 Å². The molecule has 3 aromatic rings. The molecular weight excluding hydrogens is 376 g/mol. The Labute approximate surface area is 164 Å². The molecule has 0 atom stereocenters. The van der Waals surface area contributed by atoms with E-state index in [1.54, 1.807) is 40.1 Å². The number of amides is 2. The number of hydrogen-bond donors (Lipinski definition) is 2. The van der Waals surface area contributed by atoms with Crippen LogP contribution >= 0.6 is 11.3 Å². The number of pyridine rings is 1. The smallest absolute Gasteiger partial charge is 0.267 e. The zero-order valence-corrected chi connectivity index (χ0v) is 15.6. The molecule has 1 aliphatic heterocycles. The molecule has 0 aliphatic carbocycles. The predicted molar refractivity (Wildman–Crippen MR) is 107 cm³/mol. The van der Waals surface area contributed by atoms with E-state index in [4.69, 9.17) is 16.7 Å². The SMILES string of the molecule is N#Cc1cc2c(N)c(C(=O)N3CCN(C(=O)c4ccccc4)C3)sc2nc1N. The summed E-state index contributed by atoms with van der Waals surface area (Å²) in [7, 11) is 0. The van der Waals surface area contributed by atoms with Crippen molar-refractivity contribution in [1.82, 2.24) is 14.8 Å². The number of rotatable bonds is 2. The number of nitriles is 1. The fourth-order valence-corrected chi connectivity index (χ4v) is 4.18. The van der Waals surface area contributed by atoms with Gasteiger partial charge in [-0.25, -0.2) is 4.98 Å². The second-order valence-corrected chi connectivity index (χ2v) is 7.37. The van der Waals surface area contributed by atoms with E-state index in [9.17, 15) is 9.59 Å². The van der Waals surface area contributed by atoms with Crippen LogP contribution in [0.15, 0.2) is 36.4 Å². The summed E-state index contributed by atoms with van der Waals surface area (Å²) < 4.78 is 0. The Kier molecular flexibility index (Phi) is 4.33. The standard InChI is InChI=1S/C19H16N6O2S/c20-9-12-8-13-14(21)15(28-17(13)23-16(12)22)19(27)25-7-6-24(10-25)18(26)11-4-2-1-3-5-11/h1-5,8H,6-7,10,21H2,(H2,22,23). The minimum Gasteiger partial charge on any atom is -0.397 e. The average Bonchev–Trinajstić information content (AvgIpc) is 3.32.